The van der Waals surface area contributed by atoms with Gasteiger partial charge in [0.2, 0.25) is 5.91 Å². The number of rotatable bonds is 5. The molecule has 126 valence electrons. The molecule has 0 aromatic heterocycles. The molecule has 5 nitrogen and oxygen atoms in total. The van der Waals surface area contributed by atoms with Crippen molar-refractivity contribution in [2.75, 3.05) is 30.4 Å². The minimum absolute atomic E-state index is 0.00579. The van der Waals surface area contributed by atoms with Gasteiger partial charge in [-0.05, 0) is 43.2 Å². The number of carbonyl (C=O) groups is 1. The van der Waals surface area contributed by atoms with Crippen LogP contribution < -0.4 is 20.1 Å². The molecule has 0 saturated heterocycles. The lowest BCUT2D eigenvalue weighted by Gasteiger charge is -2.19. The Hall–Kier alpha value is -2.69. The Labute approximate surface area is 142 Å². The zero-order chi connectivity index (χ0) is 16.9. The topological polar surface area (TPSA) is 59.6 Å². The van der Waals surface area contributed by atoms with E-state index in [1.165, 1.54) is 0 Å². The van der Waals surface area contributed by atoms with Crippen LogP contribution in [0.1, 0.15) is 17.5 Å². The Morgan fingerprint density at radius 1 is 1.04 bits per heavy atom. The highest BCUT2D eigenvalue weighted by molar-refractivity contribution is 5.91. The summed E-state index contributed by atoms with van der Waals surface area (Å²) in [5, 5.41) is 6.20. The van der Waals surface area contributed by atoms with Crippen molar-refractivity contribution in [3.63, 3.8) is 0 Å². The van der Waals surface area contributed by atoms with Crippen molar-refractivity contribution < 1.29 is 14.3 Å². The summed E-state index contributed by atoms with van der Waals surface area (Å²) in [7, 11) is 0. The van der Waals surface area contributed by atoms with Crippen LogP contribution in [0.4, 0.5) is 11.4 Å². The average Bonchev–Trinajstić information content (AvgIpc) is 2.58. The van der Waals surface area contributed by atoms with Crippen LogP contribution >= 0.6 is 0 Å². The first-order valence-corrected chi connectivity index (χ1v) is 8.12. The van der Waals surface area contributed by atoms with Crippen molar-refractivity contribution in [1.29, 1.82) is 0 Å². The SMILES string of the molecule is Cc1ccc(C)c(NC(=O)CCNc2ccc3c(c2)OCCO3)c1. The molecule has 0 fully saturated rings. The third-order valence-corrected chi connectivity index (χ3v) is 3.89. The van der Waals surface area contributed by atoms with E-state index in [0.717, 1.165) is 34.0 Å². The summed E-state index contributed by atoms with van der Waals surface area (Å²) >= 11 is 0. The van der Waals surface area contributed by atoms with Gasteiger partial charge in [0, 0.05) is 30.4 Å². The van der Waals surface area contributed by atoms with E-state index in [2.05, 4.69) is 10.6 Å². The summed E-state index contributed by atoms with van der Waals surface area (Å²) in [4.78, 5) is 12.1. The Morgan fingerprint density at radius 3 is 2.67 bits per heavy atom. The van der Waals surface area contributed by atoms with E-state index < -0.39 is 0 Å². The quantitative estimate of drug-likeness (QED) is 0.883. The lowest BCUT2D eigenvalue weighted by molar-refractivity contribution is -0.115. The molecule has 2 N–H and O–H groups in total. The molecule has 0 spiro atoms. The second-order valence-corrected chi connectivity index (χ2v) is 5.90. The van der Waals surface area contributed by atoms with Crippen molar-refractivity contribution in [3.8, 4) is 11.5 Å². The maximum atomic E-state index is 12.1. The highest BCUT2D eigenvalue weighted by Gasteiger charge is 2.11. The molecule has 2 aromatic rings. The highest BCUT2D eigenvalue weighted by atomic mass is 16.6. The summed E-state index contributed by atoms with van der Waals surface area (Å²) in [6, 6.07) is 11.7. The van der Waals surface area contributed by atoms with E-state index in [9.17, 15) is 4.79 Å². The van der Waals surface area contributed by atoms with E-state index in [0.29, 0.717) is 26.2 Å². The Morgan fingerprint density at radius 2 is 1.83 bits per heavy atom. The fourth-order valence-corrected chi connectivity index (χ4v) is 2.56. The standard InChI is InChI=1S/C19H22N2O3/c1-13-3-4-14(2)16(11-13)21-19(22)7-8-20-15-5-6-17-18(12-15)24-10-9-23-17/h3-6,11-12,20H,7-10H2,1-2H3,(H,21,22). The third-order valence-electron chi connectivity index (χ3n) is 3.89. The first-order chi connectivity index (χ1) is 11.6. The first-order valence-electron chi connectivity index (χ1n) is 8.12. The lowest BCUT2D eigenvalue weighted by atomic mass is 10.1. The monoisotopic (exact) mass is 326 g/mol. The van der Waals surface area contributed by atoms with Crippen molar-refractivity contribution in [2.45, 2.75) is 20.3 Å². The molecule has 3 rings (SSSR count). The van der Waals surface area contributed by atoms with Gasteiger partial charge in [-0.15, -0.1) is 0 Å². The molecule has 1 amide bonds. The van der Waals surface area contributed by atoms with E-state index in [-0.39, 0.29) is 5.91 Å². The maximum absolute atomic E-state index is 12.1. The third kappa shape index (κ3) is 3.98. The van der Waals surface area contributed by atoms with Crippen LogP contribution in [0.5, 0.6) is 11.5 Å². The van der Waals surface area contributed by atoms with E-state index in [4.69, 9.17) is 9.47 Å². The van der Waals surface area contributed by atoms with Gasteiger partial charge in [-0.3, -0.25) is 4.79 Å². The van der Waals surface area contributed by atoms with Crippen LogP contribution in [0.2, 0.25) is 0 Å². The smallest absolute Gasteiger partial charge is 0.226 e. The number of hydrogen-bond acceptors (Lipinski definition) is 4. The predicted octanol–water partition coefficient (Wildman–Crippen LogP) is 3.52. The molecule has 2 aromatic carbocycles. The minimum Gasteiger partial charge on any atom is -0.486 e. The summed E-state index contributed by atoms with van der Waals surface area (Å²) in [6.45, 7) is 5.70. The fourth-order valence-electron chi connectivity index (χ4n) is 2.56. The van der Waals surface area contributed by atoms with Gasteiger partial charge in [0.1, 0.15) is 13.2 Å². The fraction of sp³-hybridized carbons (Fsp3) is 0.316. The summed E-state index contributed by atoms with van der Waals surface area (Å²) < 4.78 is 11.0. The number of benzene rings is 2. The number of aryl methyl sites for hydroxylation is 2. The van der Waals surface area contributed by atoms with Gasteiger partial charge in [0.15, 0.2) is 11.5 Å². The van der Waals surface area contributed by atoms with Crippen molar-refractivity contribution in [3.05, 3.63) is 47.5 Å². The molecule has 1 aliphatic rings. The van der Waals surface area contributed by atoms with Crippen molar-refractivity contribution >= 4 is 17.3 Å². The van der Waals surface area contributed by atoms with Crippen molar-refractivity contribution in [1.82, 2.24) is 0 Å². The molecule has 1 aliphatic heterocycles. The average molecular weight is 326 g/mol. The molecule has 0 bridgehead atoms. The number of amides is 1. The molecule has 0 saturated carbocycles. The Balaban J connectivity index is 1.51. The van der Waals surface area contributed by atoms with Gasteiger partial charge < -0.3 is 20.1 Å². The van der Waals surface area contributed by atoms with Gasteiger partial charge in [-0.25, -0.2) is 0 Å². The maximum Gasteiger partial charge on any atom is 0.226 e. The second-order valence-electron chi connectivity index (χ2n) is 5.90. The first kappa shape index (κ1) is 16.2. The zero-order valence-corrected chi connectivity index (χ0v) is 14.0. The molecule has 0 radical (unpaired) electrons. The highest BCUT2D eigenvalue weighted by Crippen LogP contribution is 2.32. The van der Waals surface area contributed by atoms with Gasteiger partial charge in [-0.1, -0.05) is 12.1 Å². The number of ether oxygens (including phenoxy) is 2. The molecule has 1 heterocycles. The normalized spacial score (nSPS) is 12.6. The minimum atomic E-state index is -0.00579. The van der Waals surface area contributed by atoms with Gasteiger partial charge >= 0.3 is 0 Å². The number of anilines is 2. The molecule has 0 atom stereocenters. The predicted molar refractivity (Wildman–Crippen MR) is 95.1 cm³/mol. The number of nitrogens with one attached hydrogen (secondary N) is 2. The van der Waals surface area contributed by atoms with Gasteiger partial charge in [0.05, 0.1) is 0 Å². The number of hydrogen-bond donors (Lipinski definition) is 2. The van der Waals surface area contributed by atoms with E-state index in [1.807, 2.05) is 50.2 Å². The van der Waals surface area contributed by atoms with E-state index >= 15 is 0 Å². The number of carbonyl (C=O) groups excluding carboxylic acids is 1. The molecule has 24 heavy (non-hydrogen) atoms. The molecular formula is C19H22N2O3. The van der Waals surface area contributed by atoms with Crippen LogP contribution in [0.3, 0.4) is 0 Å². The summed E-state index contributed by atoms with van der Waals surface area (Å²) in [5.41, 5.74) is 3.98. The molecule has 0 unspecified atom stereocenters. The Bertz CT molecular complexity index is 743. The summed E-state index contributed by atoms with van der Waals surface area (Å²) in [5.74, 6) is 1.50. The zero-order valence-electron chi connectivity index (χ0n) is 14.0. The molecular weight excluding hydrogens is 304 g/mol. The molecule has 0 aliphatic carbocycles. The van der Waals surface area contributed by atoms with E-state index in [1.54, 1.807) is 0 Å². The lowest BCUT2D eigenvalue weighted by Crippen LogP contribution is -2.17. The van der Waals surface area contributed by atoms with Crippen LogP contribution in [0, 0.1) is 13.8 Å². The van der Waals surface area contributed by atoms with Crippen LogP contribution in [-0.2, 0) is 4.79 Å². The largest absolute Gasteiger partial charge is 0.486 e. The Kier molecular flexibility index (Phi) is 4.89. The summed E-state index contributed by atoms with van der Waals surface area (Å²) in [6.07, 6.45) is 0.391. The van der Waals surface area contributed by atoms with Crippen LogP contribution in [0.25, 0.3) is 0 Å². The second kappa shape index (κ2) is 7.25. The van der Waals surface area contributed by atoms with Gasteiger partial charge in [0.25, 0.3) is 0 Å². The van der Waals surface area contributed by atoms with Crippen molar-refractivity contribution in [2.24, 2.45) is 0 Å². The molecule has 5 heteroatoms. The number of fused-ring (bicyclic) bond motifs is 1. The van der Waals surface area contributed by atoms with Crippen LogP contribution in [0.15, 0.2) is 36.4 Å². The van der Waals surface area contributed by atoms with Crippen LogP contribution in [-0.4, -0.2) is 25.7 Å². The van der Waals surface area contributed by atoms with Gasteiger partial charge in [-0.2, -0.15) is 0 Å².